The normalized spacial score (nSPS) is 11.5. The van der Waals surface area contributed by atoms with Crippen LogP contribution in [0.5, 0.6) is 5.75 Å². The Labute approximate surface area is 172 Å². The second-order valence-corrected chi connectivity index (χ2v) is 6.66. The van der Waals surface area contributed by atoms with Crippen LogP contribution in [0.1, 0.15) is 21.5 Å². The summed E-state index contributed by atoms with van der Waals surface area (Å²) in [5.41, 5.74) is 6.59. The molecule has 0 aliphatic rings. The molecule has 2 amide bonds. The van der Waals surface area contributed by atoms with E-state index in [0.29, 0.717) is 17.9 Å². The second kappa shape index (κ2) is 9.65. The van der Waals surface area contributed by atoms with E-state index in [2.05, 4.69) is 5.32 Å². The lowest BCUT2D eigenvalue weighted by Crippen LogP contribution is -2.46. The quantitative estimate of drug-likeness (QED) is 0.597. The maximum absolute atomic E-state index is 13.8. The zero-order valence-electron chi connectivity index (χ0n) is 16.0. The minimum atomic E-state index is -1.28. The van der Waals surface area contributed by atoms with Crippen molar-refractivity contribution < 1.29 is 23.1 Å². The number of rotatable bonds is 8. The third-order valence-electron chi connectivity index (χ3n) is 4.43. The van der Waals surface area contributed by atoms with Crippen LogP contribution < -0.4 is 15.8 Å². The fourth-order valence-electron chi connectivity index (χ4n) is 2.88. The highest BCUT2D eigenvalue weighted by molar-refractivity contribution is 5.97. The lowest BCUT2D eigenvalue weighted by atomic mass is 10.0. The number of nitrogens with two attached hydrogens (primary N) is 1. The van der Waals surface area contributed by atoms with Crippen LogP contribution >= 0.6 is 0 Å². The van der Waals surface area contributed by atoms with Crippen LogP contribution in [0.3, 0.4) is 0 Å². The van der Waals surface area contributed by atoms with Crippen LogP contribution in [0.25, 0.3) is 0 Å². The number of carbonyl (C=O) groups is 2. The third kappa shape index (κ3) is 5.41. The molecule has 3 rings (SSSR count). The predicted octanol–water partition coefficient (Wildman–Crippen LogP) is 3.37. The summed E-state index contributed by atoms with van der Waals surface area (Å²) in [5, 5.41) is 2.37. The molecule has 0 radical (unpaired) electrons. The molecule has 30 heavy (non-hydrogen) atoms. The van der Waals surface area contributed by atoms with Gasteiger partial charge in [-0.1, -0.05) is 48.5 Å². The van der Waals surface area contributed by atoms with Gasteiger partial charge in [0.05, 0.1) is 5.56 Å². The highest BCUT2D eigenvalue weighted by atomic mass is 19.2. The molecule has 5 nitrogen and oxygen atoms in total. The first-order valence-corrected chi connectivity index (χ1v) is 9.24. The molecule has 0 saturated heterocycles. The number of primary amides is 1. The summed E-state index contributed by atoms with van der Waals surface area (Å²) in [6, 6.07) is 18.8. The molecule has 0 saturated carbocycles. The fraction of sp³-hybridized carbons (Fsp3) is 0.130. The van der Waals surface area contributed by atoms with Crippen molar-refractivity contribution in [2.75, 3.05) is 0 Å². The molecular formula is C23H20F2N2O3. The van der Waals surface area contributed by atoms with Gasteiger partial charge < -0.3 is 15.8 Å². The van der Waals surface area contributed by atoms with Gasteiger partial charge >= 0.3 is 0 Å². The second-order valence-electron chi connectivity index (χ2n) is 6.66. The van der Waals surface area contributed by atoms with E-state index in [1.54, 1.807) is 24.3 Å². The molecule has 0 heterocycles. The fourth-order valence-corrected chi connectivity index (χ4v) is 2.88. The Hall–Kier alpha value is -3.74. The van der Waals surface area contributed by atoms with Crippen molar-refractivity contribution in [2.45, 2.75) is 19.1 Å². The average molecular weight is 410 g/mol. The molecular weight excluding hydrogens is 390 g/mol. The molecule has 3 aromatic carbocycles. The van der Waals surface area contributed by atoms with E-state index in [9.17, 15) is 18.4 Å². The van der Waals surface area contributed by atoms with Gasteiger partial charge in [-0.15, -0.1) is 0 Å². The molecule has 0 aliphatic carbocycles. The van der Waals surface area contributed by atoms with E-state index in [1.807, 2.05) is 30.3 Å². The Balaban J connectivity index is 1.68. The van der Waals surface area contributed by atoms with Gasteiger partial charge in [0.2, 0.25) is 5.91 Å². The average Bonchev–Trinajstić information content (AvgIpc) is 2.74. The Bertz CT molecular complexity index is 1040. The molecule has 1 atom stereocenters. The van der Waals surface area contributed by atoms with Crippen molar-refractivity contribution in [3.63, 3.8) is 0 Å². The zero-order valence-corrected chi connectivity index (χ0v) is 16.0. The summed E-state index contributed by atoms with van der Waals surface area (Å²) in [6.07, 6.45) is 0.0700. The van der Waals surface area contributed by atoms with Crippen LogP contribution in [0.2, 0.25) is 0 Å². The third-order valence-corrected chi connectivity index (χ3v) is 4.43. The first-order valence-electron chi connectivity index (χ1n) is 9.24. The van der Waals surface area contributed by atoms with Crippen LogP contribution in [0.4, 0.5) is 8.78 Å². The molecule has 0 fully saturated rings. The number of hydrogen-bond donors (Lipinski definition) is 2. The summed E-state index contributed by atoms with van der Waals surface area (Å²) in [7, 11) is 0. The van der Waals surface area contributed by atoms with Crippen LogP contribution in [0.15, 0.2) is 72.8 Å². The lowest BCUT2D eigenvalue weighted by Gasteiger charge is -2.16. The number of halogens is 2. The number of amides is 2. The first-order chi connectivity index (χ1) is 14.4. The Morgan fingerprint density at radius 1 is 0.933 bits per heavy atom. The maximum atomic E-state index is 13.8. The number of benzene rings is 3. The van der Waals surface area contributed by atoms with Gasteiger partial charge in [-0.05, 0) is 35.4 Å². The van der Waals surface area contributed by atoms with Gasteiger partial charge in [-0.2, -0.15) is 0 Å². The highest BCUT2D eigenvalue weighted by Crippen LogP contribution is 2.17. The van der Waals surface area contributed by atoms with Gasteiger partial charge in [0.25, 0.3) is 5.91 Å². The van der Waals surface area contributed by atoms with Crippen molar-refractivity contribution in [1.82, 2.24) is 5.32 Å². The van der Waals surface area contributed by atoms with Gasteiger partial charge in [-0.25, -0.2) is 8.78 Å². The van der Waals surface area contributed by atoms with Crippen LogP contribution in [0, 0.1) is 11.6 Å². The molecule has 0 unspecified atom stereocenters. The van der Waals surface area contributed by atoms with Crippen molar-refractivity contribution in [3.8, 4) is 5.75 Å². The minimum absolute atomic E-state index is 0.0700. The van der Waals surface area contributed by atoms with Crippen molar-refractivity contribution in [3.05, 3.63) is 101 Å². The standard InChI is InChI=1S/C23H20F2N2O3/c24-19-11-5-10-18(21(19)25)23(29)27-20(22(26)28)13-16-8-4-9-17(12-16)30-14-15-6-2-1-3-7-15/h1-12,20H,13-14H2,(H2,26,28)(H,27,29)/t20-/m0/s1. The van der Waals surface area contributed by atoms with Crippen molar-refractivity contribution >= 4 is 11.8 Å². The lowest BCUT2D eigenvalue weighted by molar-refractivity contribution is -0.119. The van der Waals surface area contributed by atoms with Gasteiger partial charge in [-0.3, -0.25) is 9.59 Å². The molecule has 0 spiro atoms. The first kappa shape index (κ1) is 21.0. The molecule has 0 aromatic heterocycles. The topological polar surface area (TPSA) is 81.4 Å². The SMILES string of the molecule is NC(=O)[C@H](Cc1cccc(OCc2ccccc2)c1)NC(=O)c1cccc(F)c1F. The molecule has 3 N–H and O–H groups in total. The Kier molecular flexibility index (Phi) is 6.75. The number of ether oxygens (including phenoxy) is 1. The summed E-state index contributed by atoms with van der Waals surface area (Å²) in [5.74, 6) is -3.57. The summed E-state index contributed by atoms with van der Waals surface area (Å²) < 4.78 is 33.0. The molecule has 0 aliphatic heterocycles. The van der Waals surface area contributed by atoms with Gasteiger partial charge in [0.15, 0.2) is 11.6 Å². The van der Waals surface area contributed by atoms with Crippen molar-refractivity contribution in [2.24, 2.45) is 5.73 Å². The van der Waals surface area contributed by atoms with E-state index in [1.165, 1.54) is 6.07 Å². The Morgan fingerprint density at radius 2 is 1.63 bits per heavy atom. The van der Waals surface area contributed by atoms with Gasteiger partial charge in [0.1, 0.15) is 18.4 Å². The van der Waals surface area contributed by atoms with Crippen LogP contribution in [-0.2, 0) is 17.8 Å². The van der Waals surface area contributed by atoms with Crippen molar-refractivity contribution in [1.29, 1.82) is 0 Å². The molecule has 3 aromatic rings. The predicted molar refractivity (Wildman–Crippen MR) is 108 cm³/mol. The summed E-state index contributed by atoms with van der Waals surface area (Å²) in [6.45, 7) is 0.374. The number of carbonyl (C=O) groups excluding carboxylic acids is 2. The molecule has 0 bridgehead atoms. The highest BCUT2D eigenvalue weighted by Gasteiger charge is 2.22. The minimum Gasteiger partial charge on any atom is -0.489 e. The van der Waals surface area contributed by atoms with E-state index in [4.69, 9.17) is 10.5 Å². The zero-order chi connectivity index (χ0) is 21.5. The van der Waals surface area contributed by atoms with Gasteiger partial charge in [0, 0.05) is 6.42 Å². The van der Waals surface area contributed by atoms with Crippen LogP contribution in [-0.4, -0.2) is 17.9 Å². The maximum Gasteiger partial charge on any atom is 0.255 e. The summed E-state index contributed by atoms with van der Waals surface area (Å²) in [4.78, 5) is 24.1. The Morgan fingerprint density at radius 3 is 2.37 bits per heavy atom. The van der Waals surface area contributed by atoms with E-state index in [0.717, 1.165) is 17.7 Å². The monoisotopic (exact) mass is 410 g/mol. The van der Waals surface area contributed by atoms with E-state index >= 15 is 0 Å². The largest absolute Gasteiger partial charge is 0.489 e. The van der Waals surface area contributed by atoms with E-state index in [-0.39, 0.29) is 6.42 Å². The van der Waals surface area contributed by atoms with E-state index < -0.39 is 35.1 Å². The number of hydrogen-bond acceptors (Lipinski definition) is 3. The number of nitrogens with one attached hydrogen (secondary N) is 1. The molecule has 7 heteroatoms. The summed E-state index contributed by atoms with van der Waals surface area (Å²) >= 11 is 0. The molecule has 154 valence electrons. The smallest absolute Gasteiger partial charge is 0.255 e.